The van der Waals surface area contributed by atoms with Gasteiger partial charge in [-0.3, -0.25) is 0 Å². The molecule has 24 heavy (non-hydrogen) atoms. The van der Waals surface area contributed by atoms with Crippen molar-refractivity contribution in [3.63, 3.8) is 0 Å². The molecule has 0 atom stereocenters. The van der Waals surface area contributed by atoms with Crippen molar-refractivity contribution in [1.29, 1.82) is 0 Å². The molecule has 2 aromatic rings. The van der Waals surface area contributed by atoms with Crippen molar-refractivity contribution in [2.75, 3.05) is 25.1 Å². The van der Waals surface area contributed by atoms with E-state index in [9.17, 15) is 4.79 Å². The maximum absolute atomic E-state index is 11.9. The van der Waals surface area contributed by atoms with E-state index in [-0.39, 0.29) is 6.03 Å². The number of benzene rings is 2. The van der Waals surface area contributed by atoms with Crippen LogP contribution in [0.2, 0.25) is 0 Å². The number of ether oxygens (including phenoxy) is 2. The summed E-state index contributed by atoms with van der Waals surface area (Å²) in [5.74, 6) is 1.46. The summed E-state index contributed by atoms with van der Waals surface area (Å²) in [6.45, 7) is 5.39. The molecule has 2 rings (SSSR count). The fourth-order valence-corrected chi connectivity index (χ4v) is 2.17. The zero-order chi connectivity index (χ0) is 17.2. The lowest BCUT2D eigenvalue weighted by Gasteiger charge is -2.12. The van der Waals surface area contributed by atoms with Crippen LogP contribution in [0.5, 0.6) is 11.5 Å². The Morgan fingerprint density at radius 2 is 1.75 bits per heavy atom. The molecule has 0 unspecified atom stereocenters. The Morgan fingerprint density at radius 3 is 2.46 bits per heavy atom. The molecule has 5 nitrogen and oxygen atoms in total. The van der Waals surface area contributed by atoms with Gasteiger partial charge >= 0.3 is 6.03 Å². The van der Waals surface area contributed by atoms with Crippen molar-refractivity contribution in [3.8, 4) is 11.5 Å². The number of rotatable bonds is 8. The maximum atomic E-state index is 11.9. The van der Waals surface area contributed by atoms with Crippen molar-refractivity contribution >= 4 is 11.7 Å². The molecule has 2 amide bonds. The van der Waals surface area contributed by atoms with E-state index in [1.54, 1.807) is 6.07 Å². The molecule has 0 radical (unpaired) electrons. The molecule has 0 saturated heterocycles. The number of carbonyl (C=O) groups is 1. The monoisotopic (exact) mass is 328 g/mol. The fraction of sp³-hybridized carbons (Fsp3) is 0.316. The van der Waals surface area contributed by atoms with Crippen LogP contribution in [-0.4, -0.2) is 25.8 Å². The number of hydrogen-bond acceptors (Lipinski definition) is 3. The van der Waals surface area contributed by atoms with E-state index in [1.165, 1.54) is 5.56 Å². The highest BCUT2D eigenvalue weighted by molar-refractivity contribution is 5.90. The number of carbonyl (C=O) groups excluding carboxylic acids is 1. The predicted molar refractivity (Wildman–Crippen MR) is 95.9 cm³/mol. The molecule has 2 aromatic carbocycles. The van der Waals surface area contributed by atoms with Crippen molar-refractivity contribution in [2.45, 2.75) is 20.3 Å². The Morgan fingerprint density at radius 1 is 1.00 bits per heavy atom. The largest absolute Gasteiger partial charge is 0.492 e. The van der Waals surface area contributed by atoms with Gasteiger partial charge in [-0.25, -0.2) is 4.79 Å². The van der Waals surface area contributed by atoms with Crippen molar-refractivity contribution in [3.05, 3.63) is 54.1 Å². The summed E-state index contributed by atoms with van der Waals surface area (Å²) in [6.07, 6.45) is 1.01. The van der Waals surface area contributed by atoms with Gasteiger partial charge in [-0.2, -0.15) is 0 Å². The Bertz CT molecular complexity index is 641. The van der Waals surface area contributed by atoms with Crippen LogP contribution in [0.4, 0.5) is 10.5 Å². The molecule has 0 spiro atoms. The lowest BCUT2D eigenvalue weighted by molar-refractivity contribution is 0.247. The second kappa shape index (κ2) is 9.45. The third-order valence-electron chi connectivity index (χ3n) is 3.42. The van der Waals surface area contributed by atoms with Crippen LogP contribution < -0.4 is 20.1 Å². The summed E-state index contributed by atoms with van der Waals surface area (Å²) in [7, 11) is 0. The Kier molecular flexibility index (Phi) is 6.95. The number of urea groups is 1. The Balaban J connectivity index is 1.73. The van der Waals surface area contributed by atoms with Crippen LogP contribution in [0.15, 0.2) is 48.5 Å². The highest BCUT2D eigenvalue weighted by Gasteiger charge is 2.06. The van der Waals surface area contributed by atoms with Crippen molar-refractivity contribution in [2.24, 2.45) is 0 Å². The normalized spacial score (nSPS) is 10.1. The van der Waals surface area contributed by atoms with E-state index in [0.717, 1.165) is 12.2 Å². The quantitative estimate of drug-likeness (QED) is 0.724. The van der Waals surface area contributed by atoms with Crippen LogP contribution in [0.1, 0.15) is 19.4 Å². The summed E-state index contributed by atoms with van der Waals surface area (Å²) >= 11 is 0. The molecule has 128 valence electrons. The third kappa shape index (κ3) is 5.50. The van der Waals surface area contributed by atoms with Gasteiger partial charge in [0.2, 0.25) is 0 Å². The second-order valence-corrected chi connectivity index (χ2v) is 5.16. The zero-order valence-electron chi connectivity index (χ0n) is 14.2. The lowest BCUT2D eigenvalue weighted by Crippen LogP contribution is -2.32. The minimum Gasteiger partial charge on any atom is -0.492 e. The van der Waals surface area contributed by atoms with Crippen LogP contribution in [0.25, 0.3) is 0 Å². The Hall–Kier alpha value is -2.69. The van der Waals surface area contributed by atoms with Crippen LogP contribution in [-0.2, 0) is 6.42 Å². The molecule has 5 heteroatoms. The van der Waals surface area contributed by atoms with E-state index in [4.69, 9.17) is 9.47 Å². The summed E-state index contributed by atoms with van der Waals surface area (Å²) in [6, 6.07) is 15.0. The molecule has 0 saturated carbocycles. The van der Waals surface area contributed by atoms with E-state index >= 15 is 0 Å². The average Bonchev–Trinajstić information content (AvgIpc) is 2.61. The molecule has 0 aliphatic heterocycles. The minimum absolute atomic E-state index is 0.285. The highest BCUT2D eigenvalue weighted by Crippen LogP contribution is 2.23. The molecule has 0 bridgehead atoms. The maximum Gasteiger partial charge on any atom is 0.319 e. The zero-order valence-corrected chi connectivity index (χ0v) is 14.2. The molecule has 2 N–H and O–H groups in total. The van der Waals surface area contributed by atoms with Crippen molar-refractivity contribution in [1.82, 2.24) is 5.32 Å². The SMILES string of the molecule is CCOc1ccccc1NC(=O)NCCOc1ccc(CC)cc1. The number of anilines is 1. The van der Waals surface area contributed by atoms with E-state index < -0.39 is 0 Å². The topological polar surface area (TPSA) is 59.6 Å². The summed E-state index contributed by atoms with van der Waals surface area (Å²) in [5, 5.41) is 5.54. The second-order valence-electron chi connectivity index (χ2n) is 5.16. The number of hydrogen-bond donors (Lipinski definition) is 2. The van der Waals surface area contributed by atoms with Crippen LogP contribution in [0.3, 0.4) is 0 Å². The predicted octanol–water partition coefficient (Wildman–Crippen LogP) is 3.85. The smallest absolute Gasteiger partial charge is 0.319 e. The molecule has 0 heterocycles. The van der Waals surface area contributed by atoms with Crippen LogP contribution >= 0.6 is 0 Å². The summed E-state index contributed by atoms with van der Waals surface area (Å²) in [5.41, 5.74) is 1.92. The van der Waals surface area contributed by atoms with Gasteiger partial charge in [0, 0.05) is 0 Å². The number of nitrogens with one attached hydrogen (secondary N) is 2. The highest BCUT2D eigenvalue weighted by atomic mass is 16.5. The Labute approximate surface area is 143 Å². The summed E-state index contributed by atoms with van der Waals surface area (Å²) in [4.78, 5) is 11.9. The molecular weight excluding hydrogens is 304 g/mol. The van der Waals surface area contributed by atoms with Gasteiger partial charge in [0.15, 0.2) is 0 Å². The van der Waals surface area contributed by atoms with Gasteiger partial charge in [0.25, 0.3) is 0 Å². The lowest BCUT2D eigenvalue weighted by atomic mass is 10.2. The van der Waals surface area contributed by atoms with Gasteiger partial charge in [-0.1, -0.05) is 31.2 Å². The first kappa shape index (κ1) is 17.7. The molecule has 0 aliphatic rings. The van der Waals surface area contributed by atoms with Gasteiger partial charge in [-0.15, -0.1) is 0 Å². The fourth-order valence-electron chi connectivity index (χ4n) is 2.17. The first-order valence-corrected chi connectivity index (χ1v) is 8.21. The van der Waals surface area contributed by atoms with E-state index in [1.807, 2.05) is 49.4 Å². The van der Waals surface area contributed by atoms with Gasteiger partial charge in [0.05, 0.1) is 18.8 Å². The van der Waals surface area contributed by atoms with Gasteiger partial charge in [0.1, 0.15) is 18.1 Å². The standard InChI is InChI=1S/C19H24N2O3/c1-3-15-9-11-16(12-10-15)24-14-13-20-19(22)21-17-7-5-6-8-18(17)23-4-2/h5-12H,3-4,13-14H2,1-2H3,(H2,20,21,22). The molecule has 0 aliphatic carbocycles. The average molecular weight is 328 g/mol. The first-order valence-electron chi connectivity index (χ1n) is 8.21. The third-order valence-corrected chi connectivity index (χ3v) is 3.42. The van der Waals surface area contributed by atoms with Crippen LogP contribution in [0, 0.1) is 0 Å². The minimum atomic E-state index is -0.285. The molecular formula is C19H24N2O3. The number of para-hydroxylation sites is 2. The number of aryl methyl sites for hydroxylation is 1. The van der Waals surface area contributed by atoms with Gasteiger partial charge in [-0.05, 0) is 43.2 Å². The van der Waals surface area contributed by atoms with E-state index in [2.05, 4.69) is 17.6 Å². The summed E-state index contributed by atoms with van der Waals surface area (Å²) < 4.78 is 11.1. The first-order chi connectivity index (χ1) is 11.7. The van der Waals surface area contributed by atoms with Gasteiger partial charge < -0.3 is 20.1 Å². The van der Waals surface area contributed by atoms with E-state index in [0.29, 0.717) is 31.2 Å². The van der Waals surface area contributed by atoms with Crippen molar-refractivity contribution < 1.29 is 14.3 Å². The molecule has 0 aromatic heterocycles. The number of amides is 2. The molecule has 0 fully saturated rings.